The van der Waals surface area contributed by atoms with E-state index in [0.717, 1.165) is 0 Å². The first kappa shape index (κ1) is 16.8. The first-order valence-electron chi connectivity index (χ1n) is 7.26. The molecule has 0 fully saturated rings. The molecule has 0 aliphatic heterocycles. The fourth-order valence-corrected chi connectivity index (χ4v) is 2.01. The van der Waals surface area contributed by atoms with Crippen molar-refractivity contribution in [3.8, 4) is 5.75 Å². The normalized spacial score (nSPS) is 13.2. The van der Waals surface area contributed by atoms with Crippen LogP contribution in [0.5, 0.6) is 5.75 Å². The summed E-state index contributed by atoms with van der Waals surface area (Å²) in [4.78, 5) is 12.2. The van der Waals surface area contributed by atoms with Crippen molar-refractivity contribution < 1.29 is 14.6 Å². The van der Waals surface area contributed by atoms with Gasteiger partial charge in [-0.05, 0) is 31.2 Å². The summed E-state index contributed by atoms with van der Waals surface area (Å²) in [6.45, 7) is 5.72. The van der Waals surface area contributed by atoms with E-state index in [-0.39, 0.29) is 12.5 Å². The summed E-state index contributed by atoms with van der Waals surface area (Å²) in [5.74, 6) is 0.410. The van der Waals surface area contributed by atoms with Gasteiger partial charge in [-0.15, -0.1) is 0 Å². The van der Waals surface area contributed by atoms with Gasteiger partial charge in [0, 0.05) is 24.4 Å². The van der Waals surface area contributed by atoms with Gasteiger partial charge in [-0.1, -0.05) is 12.7 Å². The fraction of sp³-hybridized carbons (Fsp3) is 0.294. The minimum absolute atomic E-state index is 0.0895. The standard InChI is InChI=1S/C17H21N3O3/c1-4-9-23-15-7-5-13(6-8-15)16(21)18-12-17(2,22)14-10-19-20(3)11-14/h4-8,10-11,22H,1,9,12H2,2-3H3,(H,18,21). The SMILES string of the molecule is C=CCOc1ccc(C(=O)NCC(C)(O)c2cnn(C)c2)cc1. The topological polar surface area (TPSA) is 76.4 Å². The number of hydrogen-bond donors (Lipinski definition) is 2. The third-order valence-corrected chi connectivity index (χ3v) is 3.40. The Hall–Kier alpha value is -2.60. The second kappa shape index (κ2) is 7.11. The summed E-state index contributed by atoms with van der Waals surface area (Å²) < 4.78 is 6.97. The van der Waals surface area contributed by atoms with Crippen LogP contribution >= 0.6 is 0 Å². The zero-order valence-electron chi connectivity index (χ0n) is 13.3. The largest absolute Gasteiger partial charge is 0.490 e. The van der Waals surface area contributed by atoms with Gasteiger partial charge in [0.25, 0.3) is 5.91 Å². The molecule has 1 aromatic heterocycles. The molecule has 1 heterocycles. The molecule has 0 spiro atoms. The second-order valence-electron chi connectivity index (χ2n) is 5.48. The molecule has 122 valence electrons. The highest BCUT2D eigenvalue weighted by Gasteiger charge is 2.25. The van der Waals surface area contributed by atoms with Crippen molar-refractivity contribution in [2.45, 2.75) is 12.5 Å². The lowest BCUT2D eigenvalue weighted by Crippen LogP contribution is -2.38. The van der Waals surface area contributed by atoms with Gasteiger partial charge >= 0.3 is 0 Å². The van der Waals surface area contributed by atoms with Gasteiger partial charge in [0.1, 0.15) is 18.0 Å². The summed E-state index contributed by atoms with van der Waals surface area (Å²) in [7, 11) is 1.77. The van der Waals surface area contributed by atoms with Crippen LogP contribution in [0.1, 0.15) is 22.8 Å². The molecular weight excluding hydrogens is 294 g/mol. The lowest BCUT2D eigenvalue weighted by molar-refractivity contribution is 0.0526. The molecule has 6 nitrogen and oxygen atoms in total. The van der Waals surface area contributed by atoms with E-state index in [1.54, 1.807) is 61.4 Å². The fourth-order valence-electron chi connectivity index (χ4n) is 2.01. The highest BCUT2D eigenvalue weighted by atomic mass is 16.5. The summed E-state index contributed by atoms with van der Waals surface area (Å²) in [5, 5.41) is 17.2. The maximum absolute atomic E-state index is 12.2. The Morgan fingerprint density at radius 2 is 2.17 bits per heavy atom. The van der Waals surface area contributed by atoms with Crippen molar-refractivity contribution in [3.05, 3.63) is 60.4 Å². The Kier molecular flexibility index (Phi) is 5.18. The van der Waals surface area contributed by atoms with E-state index in [9.17, 15) is 9.90 Å². The molecule has 0 aliphatic carbocycles. The molecule has 1 amide bonds. The average Bonchev–Trinajstić information content (AvgIpc) is 2.98. The summed E-state index contributed by atoms with van der Waals surface area (Å²) in [6, 6.07) is 6.79. The van der Waals surface area contributed by atoms with Crippen LogP contribution in [0.4, 0.5) is 0 Å². The molecule has 0 aliphatic rings. The average molecular weight is 315 g/mol. The molecule has 23 heavy (non-hydrogen) atoms. The maximum Gasteiger partial charge on any atom is 0.251 e. The van der Waals surface area contributed by atoms with Crippen molar-refractivity contribution in [2.24, 2.45) is 7.05 Å². The van der Waals surface area contributed by atoms with E-state index < -0.39 is 5.60 Å². The van der Waals surface area contributed by atoms with E-state index in [4.69, 9.17) is 4.74 Å². The Bertz CT molecular complexity index is 675. The monoisotopic (exact) mass is 315 g/mol. The Morgan fingerprint density at radius 3 is 2.74 bits per heavy atom. The Labute approximate surface area is 135 Å². The number of benzene rings is 1. The van der Waals surface area contributed by atoms with Crippen LogP contribution in [0.3, 0.4) is 0 Å². The van der Waals surface area contributed by atoms with Crippen LogP contribution in [0.25, 0.3) is 0 Å². The van der Waals surface area contributed by atoms with Crippen molar-refractivity contribution >= 4 is 5.91 Å². The first-order valence-corrected chi connectivity index (χ1v) is 7.26. The van der Waals surface area contributed by atoms with Crippen LogP contribution in [0, 0.1) is 0 Å². The van der Waals surface area contributed by atoms with Gasteiger partial charge in [0.05, 0.1) is 12.7 Å². The molecule has 2 aromatic rings. The summed E-state index contributed by atoms with van der Waals surface area (Å²) in [6.07, 6.45) is 4.96. The van der Waals surface area contributed by atoms with Gasteiger partial charge in [-0.2, -0.15) is 5.10 Å². The van der Waals surface area contributed by atoms with E-state index in [1.165, 1.54) is 0 Å². The third-order valence-electron chi connectivity index (χ3n) is 3.40. The lowest BCUT2D eigenvalue weighted by atomic mass is 9.99. The molecule has 2 rings (SSSR count). The van der Waals surface area contributed by atoms with Crippen LogP contribution in [-0.2, 0) is 12.6 Å². The molecule has 0 bridgehead atoms. The van der Waals surface area contributed by atoms with Crippen molar-refractivity contribution in [2.75, 3.05) is 13.2 Å². The number of ether oxygens (including phenoxy) is 1. The van der Waals surface area contributed by atoms with E-state index in [0.29, 0.717) is 23.5 Å². The van der Waals surface area contributed by atoms with Crippen molar-refractivity contribution in [1.29, 1.82) is 0 Å². The van der Waals surface area contributed by atoms with Gasteiger partial charge in [0.2, 0.25) is 0 Å². The Balaban J connectivity index is 1.95. The number of nitrogens with one attached hydrogen (secondary N) is 1. The van der Waals surface area contributed by atoms with E-state index in [2.05, 4.69) is 17.0 Å². The van der Waals surface area contributed by atoms with Crippen LogP contribution in [-0.4, -0.2) is 33.9 Å². The number of aryl methyl sites for hydroxylation is 1. The van der Waals surface area contributed by atoms with Crippen LogP contribution in [0.15, 0.2) is 49.3 Å². The Morgan fingerprint density at radius 1 is 1.48 bits per heavy atom. The predicted octanol–water partition coefficient (Wildman–Crippen LogP) is 1.62. The zero-order valence-corrected chi connectivity index (χ0v) is 13.3. The highest BCUT2D eigenvalue weighted by molar-refractivity contribution is 5.94. The van der Waals surface area contributed by atoms with Crippen LogP contribution in [0.2, 0.25) is 0 Å². The van der Waals surface area contributed by atoms with Gasteiger partial charge < -0.3 is 15.2 Å². The van der Waals surface area contributed by atoms with E-state index in [1.807, 2.05) is 0 Å². The van der Waals surface area contributed by atoms with Gasteiger partial charge in [-0.3, -0.25) is 9.48 Å². The minimum Gasteiger partial charge on any atom is -0.490 e. The number of amides is 1. The van der Waals surface area contributed by atoms with Crippen molar-refractivity contribution in [3.63, 3.8) is 0 Å². The van der Waals surface area contributed by atoms with Gasteiger partial charge in [0.15, 0.2) is 0 Å². The molecule has 1 aromatic carbocycles. The first-order chi connectivity index (χ1) is 10.9. The van der Waals surface area contributed by atoms with Crippen molar-refractivity contribution in [1.82, 2.24) is 15.1 Å². The molecule has 1 unspecified atom stereocenters. The number of hydrogen-bond acceptors (Lipinski definition) is 4. The summed E-state index contributed by atoms with van der Waals surface area (Å²) in [5.41, 5.74) is -0.0388. The smallest absolute Gasteiger partial charge is 0.251 e. The number of carbonyl (C=O) groups excluding carboxylic acids is 1. The predicted molar refractivity (Wildman–Crippen MR) is 87.2 cm³/mol. The molecule has 0 saturated carbocycles. The molecular formula is C17H21N3O3. The number of nitrogens with zero attached hydrogens (tertiary/aromatic N) is 2. The third kappa shape index (κ3) is 4.43. The van der Waals surface area contributed by atoms with Crippen LogP contribution < -0.4 is 10.1 Å². The summed E-state index contributed by atoms with van der Waals surface area (Å²) >= 11 is 0. The number of aromatic nitrogens is 2. The second-order valence-corrected chi connectivity index (χ2v) is 5.48. The number of aliphatic hydroxyl groups is 1. The molecule has 6 heteroatoms. The molecule has 0 saturated heterocycles. The highest BCUT2D eigenvalue weighted by Crippen LogP contribution is 2.19. The maximum atomic E-state index is 12.2. The lowest BCUT2D eigenvalue weighted by Gasteiger charge is -2.22. The minimum atomic E-state index is -1.18. The molecule has 0 radical (unpaired) electrons. The van der Waals surface area contributed by atoms with E-state index >= 15 is 0 Å². The quantitative estimate of drug-likeness (QED) is 0.761. The molecule has 1 atom stereocenters. The zero-order chi connectivity index (χ0) is 16.9. The number of rotatable bonds is 7. The number of carbonyl (C=O) groups is 1. The van der Waals surface area contributed by atoms with Gasteiger partial charge in [-0.25, -0.2) is 0 Å². The molecule has 2 N–H and O–H groups in total.